The molecule has 0 radical (unpaired) electrons. The van der Waals surface area contributed by atoms with E-state index >= 15 is 0 Å². The summed E-state index contributed by atoms with van der Waals surface area (Å²) < 4.78 is 32.5. The minimum atomic E-state index is -4.73. The van der Waals surface area contributed by atoms with Gasteiger partial charge in [0.05, 0.1) is 13.2 Å². The summed E-state index contributed by atoms with van der Waals surface area (Å²) >= 11 is 0. The lowest BCUT2D eigenvalue weighted by Gasteiger charge is -2.20. The average Bonchev–Trinajstić information content (AvgIpc) is 3.14. The van der Waals surface area contributed by atoms with Gasteiger partial charge in [-0.2, -0.15) is 0 Å². The zero-order valence-electron chi connectivity index (χ0n) is 33.6. The summed E-state index contributed by atoms with van der Waals surface area (Å²) in [5.41, 5.74) is 5.32. The minimum Gasteiger partial charge on any atom is -0.480 e. The van der Waals surface area contributed by atoms with Crippen LogP contribution in [0.2, 0.25) is 0 Å². The number of rotatable bonds is 38. The smallest absolute Gasteiger partial charge is 0.472 e. The van der Waals surface area contributed by atoms with Crippen LogP contribution in [0.25, 0.3) is 0 Å². The highest BCUT2D eigenvalue weighted by molar-refractivity contribution is 7.47. The highest BCUT2D eigenvalue weighted by atomic mass is 31.2. The van der Waals surface area contributed by atoms with Crippen molar-refractivity contribution in [3.8, 4) is 0 Å². The predicted octanol–water partition coefficient (Wildman–Crippen LogP) is 10.6. The Balaban J connectivity index is 4.51. The van der Waals surface area contributed by atoms with Gasteiger partial charge in [-0.25, -0.2) is 4.57 Å². The number of carboxylic acid groups (broad SMARTS) is 1. The molecule has 1 unspecified atom stereocenters. The van der Waals surface area contributed by atoms with Gasteiger partial charge >= 0.3 is 25.7 Å². The van der Waals surface area contributed by atoms with E-state index in [-0.39, 0.29) is 19.4 Å². The second kappa shape index (κ2) is 37.4. The molecule has 0 saturated carbocycles. The summed E-state index contributed by atoms with van der Waals surface area (Å²) in [7, 11) is -4.73. The van der Waals surface area contributed by atoms with Crippen LogP contribution in [0.15, 0.2) is 48.6 Å². The number of phosphoric acid groups is 1. The summed E-state index contributed by atoms with van der Waals surface area (Å²) in [5, 5.41) is 8.87. The Morgan fingerprint density at radius 3 is 1.59 bits per heavy atom. The molecule has 0 spiro atoms. The molecule has 0 heterocycles. The Kier molecular flexibility index (Phi) is 35.6. The number of esters is 2. The van der Waals surface area contributed by atoms with E-state index in [0.29, 0.717) is 12.8 Å². The van der Waals surface area contributed by atoms with Crippen molar-refractivity contribution >= 4 is 25.7 Å². The fourth-order valence-electron chi connectivity index (χ4n) is 5.26. The first kappa shape index (κ1) is 51.4. The Labute approximate surface area is 326 Å². The van der Waals surface area contributed by atoms with Crippen LogP contribution in [0.5, 0.6) is 0 Å². The maximum Gasteiger partial charge on any atom is 0.472 e. The third-order valence-corrected chi connectivity index (χ3v) is 9.51. The molecule has 0 bridgehead atoms. The normalized spacial score (nSPS) is 14.3. The van der Waals surface area contributed by atoms with Crippen molar-refractivity contribution in [1.82, 2.24) is 0 Å². The molecule has 0 aliphatic carbocycles. The lowest BCUT2D eigenvalue weighted by atomic mass is 10.1. The van der Waals surface area contributed by atoms with Crippen molar-refractivity contribution in [1.29, 1.82) is 0 Å². The third kappa shape index (κ3) is 36.4. The second-order valence-electron chi connectivity index (χ2n) is 13.8. The van der Waals surface area contributed by atoms with Crippen LogP contribution in [0.4, 0.5) is 0 Å². The lowest BCUT2D eigenvalue weighted by molar-refractivity contribution is -0.161. The number of unbranched alkanes of at least 4 members (excludes halogenated alkanes) is 16. The van der Waals surface area contributed by atoms with E-state index < -0.39 is 51.1 Å². The van der Waals surface area contributed by atoms with E-state index in [9.17, 15) is 23.8 Å². The quantitative estimate of drug-likeness (QED) is 0.0235. The number of phosphoric ester groups is 1. The monoisotopic (exact) mass is 784 g/mol. The molecule has 11 nitrogen and oxygen atoms in total. The van der Waals surface area contributed by atoms with Gasteiger partial charge in [0.25, 0.3) is 0 Å². The number of hydrogen-bond acceptors (Lipinski definition) is 9. The summed E-state index contributed by atoms with van der Waals surface area (Å²) in [5.74, 6) is -2.49. The molecule has 3 atom stereocenters. The van der Waals surface area contributed by atoms with Crippen LogP contribution in [-0.4, -0.2) is 59.9 Å². The van der Waals surface area contributed by atoms with Gasteiger partial charge in [-0.15, -0.1) is 0 Å². The van der Waals surface area contributed by atoms with E-state index in [1.165, 1.54) is 83.5 Å². The van der Waals surface area contributed by atoms with Crippen LogP contribution < -0.4 is 5.73 Å². The van der Waals surface area contributed by atoms with Crippen molar-refractivity contribution in [2.45, 2.75) is 180 Å². The topological polar surface area (TPSA) is 172 Å². The number of allylic oxidation sites excluding steroid dienone is 8. The van der Waals surface area contributed by atoms with Crippen LogP contribution in [0.1, 0.15) is 168 Å². The van der Waals surface area contributed by atoms with E-state index in [0.717, 1.165) is 44.9 Å². The van der Waals surface area contributed by atoms with Crippen molar-refractivity contribution in [3.63, 3.8) is 0 Å². The molecule has 12 heteroatoms. The van der Waals surface area contributed by atoms with Gasteiger partial charge in [-0.3, -0.25) is 23.4 Å². The first-order valence-corrected chi connectivity index (χ1v) is 22.2. The number of carbonyl (C=O) groups excluding carboxylic acids is 2. The highest BCUT2D eigenvalue weighted by Gasteiger charge is 2.28. The van der Waals surface area contributed by atoms with E-state index in [1.807, 2.05) is 6.08 Å². The highest BCUT2D eigenvalue weighted by Crippen LogP contribution is 2.43. The number of nitrogens with two attached hydrogens (primary N) is 1. The fraction of sp³-hybridized carbons (Fsp3) is 0.738. The first-order chi connectivity index (χ1) is 26.1. The molecular weight excluding hydrogens is 709 g/mol. The van der Waals surface area contributed by atoms with Crippen LogP contribution in [-0.2, 0) is 37.5 Å². The molecule has 0 aromatic rings. The molecular formula is C42H74NO10P. The van der Waals surface area contributed by atoms with Crippen LogP contribution in [0.3, 0.4) is 0 Å². The lowest BCUT2D eigenvalue weighted by Crippen LogP contribution is -2.34. The summed E-state index contributed by atoms with van der Waals surface area (Å²) in [6, 6.07) is -1.53. The zero-order valence-corrected chi connectivity index (χ0v) is 34.4. The fourth-order valence-corrected chi connectivity index (χ4v) is 6.04. The van der Waals surface area contributed by atoms with Crippen molar-refractivity contribution in [2.24, 2.45) is 5.73 Å². The van der Waals surface area contributed by atoms with Crippen molar-refractivity contribution in [2.75, 3.05) is 19.8 Å². The molecule has 0 aliphatic rings. The number of carboxylic acids is 1. The zero-order chi connectivity index (χ0) is 40.0. The summed E-state index contributed by atoms with van der Waals surface area (Å²) in [4.78, 5) is 45.8. The third-order valence-electron chi connectivity index (χ3n) is 8.56. The number of aliphatic carboxylic acids is 1. The van der Waals surface area contributed by atoms with Gasteiger partial charge in [-0.05, 0) is 64.2 Å². The molecule has 0 amide bonds. The molecule has 0 aliphatic heterocycles. The van der Waals surface area contributed by atoms with E-state index in [1.54, 1.807) is 0 Å². The summed E-state index contributed by atoms with van der Waals surface area (Å²) in [6.07, 6.45) is 40.5. The van der Waals surface area contributed by atoms with Gasteiger partial charge in [-0.1, -0.05) is 140 Å². The molecule has 0 aromatic carbocycles. The first-order valence-electron chi connectivity index (χ1n) is 20.7. The van der Waals surface area contributed by atoms with Gasteiger partial charge in [0.2, 0.25) is 0 Å². The van der Waals surface area contributed by atoms with Gasteiger partial charge in [0.1, 0.15) is 12.6 Å². The molecule has 312 valence electrons. The number of hydrogen-bond donors (Lipinski definition) is 3. The van der Waals surface area contributed by atoms with Crippen molar-refractivity contribution in [3.05, 3.63) is 48.6 Å². The maximum absolute atomic E-state index is 12.6. The van der Waals surface area contributed by atoms with Crippen molar-refractivity contribution < 1.29 is 47.5 Å². The largest absolute Gasteiger partial charge is 0.480 e. The standard InChI is InChI=1S/C42H74NO10P/c1-3-5-7-9-11-13-15-17-19-21-23-25-27-29-31-33-40(44)50-35-38(36-51-54(48,49)52-37-39(43)42(46)47)53-41(45)34-32-30-28-26-24-22-20-18-16-14-12-10-8-6-4-2/h11,13,17,19,23,25,28,30,38-39H,3-10,12,14-16,18,20-22,24,26-27,29,31-37,43H2,1-2H3,(H,46,47)(H,48,49)/b13-11+,19-17+,25-23+,30-28+/t38-,39+/m1/s1. The Bertz CT molecular complexity index is 1110. The average molecular weight is 784 g/mol. The van der Waals surface area contributed by atoms with Crippen LogP contribution >= 0.6 is 7.82 Å². The Morgan fingerprint density at radius 1 is 0.574 bits per heavy atom. The predicted molar refractivity (Wildman–Crippen MR) is 217 cm³/mol. The Hall–Kier alpha value is -2.56. The molecule has 0 saturated heterocycles. The van der Waals surface area contributed by atoms with Gasteiger partial charge in [0, 0.05) is 12.8 Å². The van der Waals surface area contributed by atoms with Gasteiger partial charge in [0.15, 0.2) is 6.10 Å². The van der Waals surface area contributed by atoms with Crippen LogP contribution in [0, 0.1) is 0 Å². The molecule has 4 N–H and O–H groups in total. The minimum absolute atomic E-state index is 0.0689. The number of carbonyl (C=O) groups is 3. The van der Waals surface area contributed by atoms with E-state index in [2.05, 4.69) is 60.9 Å². The number of ether oxygens (including phenoxy) is 2. The molecule has 54 heavy (non-hydrogen) atoms. The summed E-state index contributed by atoms with van der Waals surface area (Å²) in [6.45, 7) is 2.69. The second-order valence-corrected chi connectivity index (χ2v) is 15.2. The molecule has 0 rings (SSSR count). The van der Waals surface area contributed by atoms with E-state index in [4.69, 9.17) is 24.8 Å². The molecule has 0 fully saturated rings. The Morgan fingerprint density at radius 2 is 1.02 bits per heavy atom. The van der Waals surface area contributed by atoms with Gasteiger partial charge < -0.3 is 25.2 Å². The maximum atomic E-state index is 12.6. The molecule has 0 aromatic heterocycles. The SMILES string of the molecule is CCCCC/C=C/C/C=C/C/C=C/CCCCC(=O)OC[C@H](COP(=O)(O)OC[C@H](N)C(=O)O)OC(=O)CC/C=C/CCCCCCCCCCCCC.